The first-order chi connectivity index (χ1) is 10.8. The van der Waals surface area contributed by atoms with Crippen molar-refractivity contribution in [3.8, 4) is 11.5 Å². The Kier molecular flexibility index (Phi) is 3.30. The Labute approximate surface area is 130 Å². The van der Waals surface area contributed by atoms with E-state index in [1.807, 2.05) is 48.5 Å². The highest BCUT2D eigenvalue weighted by molar-refractivity contribution is 5.99. The van der Waals surface area contributed by atoms with Crippen LogP contribution in [0, 0.1) is 11.8 Å². The van der Waals surface area contributed by atoms with Gasteiger partial charge in [-0.25, -0.2) is 0 Å². The maximum atomic E-state index is 12.4. The highest BCUT2D eigenvalue weighted by Gasteiger charge is 2.39. The van der Waals surface area contributed by atoms with E-state index >= 15 is 0 Å². The molecule has 0 spiro atoms. The number of para-hydroxylation sites is 2. The topological polar surface area (TPSA) is 26.3 Å². The van der Waals surface area contributed by atoms with Gasteiger partial charge in [-0.1, -0.05) is 42.5 Å². The normalized spacial score (nSPS) is 23.3. The fraction of sp³-hybridized carbons (Fsp3) is 0.250. The van der Waals surface area contributed by atoms with E-state index in [1.165, 1.54) is 0 Å². The Balaban J connectivity index is 1.71. The number of benzene rings is 2. The first-order valence-electron chi connectivity index (χ1n) is 7.89. The molecule has 2 aromatic rings. The minimum absolute atomic E-state index is 0.0688. The largest absolute Gasteiger partial charge is 0.457 e. The van der Waals surface area contributed by atoms with Crippen LogP contribution in [0.2, 0.25) is 0 Å². The molecule has 2 nitrogen and oxygen atoms in total. The summed E-state index contributed by atoms with van der Waals surface area (Å²) >= 11 is 0. The molecule has 0 radical (unpaired) electrons. The number of rotatable bonds is 3. The molecule has 2 aromatic carbocycles. The van der Waals surface area contributed by atoms with Gasteiger partial charge in [0.2, 0.25) is 0 Å². The molecule has 2 atom stereocenters. The number of fused-ring (bicyclic) bond motifs is 2. The lowest BCUT2D eigenvalue weighted by atomic mass is 9.83. The summed E-state index contributed by atoms with van der Waals surface area (Å²) in [5, 5.41) is 0. The average Bonchev–Trinajstić information content (AvgIpc) is 2.79. The van der Waals surface area contributed by atoms with Crippen molar-refractivity contribution in [1.82, 2.24) is 0 Å². The lowest BCUT2D eigenvalue weighted by Crippen LogP contribution is -2.19. The molecule has 2 heteroatoms. The number of carbonyl (C=O) groups excluding carboxylic acids is 1. The van der Waals surface area contributed by atoms with Crippen molar-refractivity contribution in [2.24, 2.45) is 11.8 Å². The molecular weight excluding hydrogens is 272 g/mol. The maximum Gasteiger partial charge on any atom is 0.143 e. The zero-order valence-electron chi connectivity index (χ0n) is 12.4. The quantitative estimate of drug-likeness (QED) is 0.806. The standard InChI is InChI=1S/C20H18O2/c21-20-14-10-12-16(18(20)13-11-14)17-8-4-5-9-19(17)22-15-6-2-1-3-7-15/h1-9,12,14,18H,10-11,13H2/t14-,18-/m0/s1. The Morgan fingerprint density at radius 2 is 1.68 bits per heavy atom. The second kappa shape index (κ2) is 5.45. The Morgan fingerprint density at radius 1 is 0.909 bits per heavy atom. The van der Waals surface area contributed by atoms with Gasteiger partial charge in [-0.15, -0.1) is 0 Å². The van der Waals surface area contributed by atoms with Crippen LogP contribution in [0.1, 0.15) is 24.8 Å². The zero-order valence-corrected chi connectivity index (χ0v) is 12.4. The van der Waals surface area contributed by atoms with E-state index in [4.69, 9.17) is 4.74 Å². The molecule has 4 rings (SSSR count). The summed E-state index contributed by atoms with van der Waals surface area (Å²) in [6.07, 6.45) is 5.14. The first-order valence-corrected chi connectivity index (χ1v) is 7.89. The van der Waals surface area contributed by atoms with Gasteiger partial charge in [0.15, 0.2) is 0 Å². The van der Waals surface area contributed by atoms with Gasteiger partial charge in [-0.3, -0.25) is 4.79 Å². The van der Waals surface area contributed by atoms with Crippen LogP contribution in [0.3, 0.4) is 0 Å². The second-order valence-corrected chi connectivity index (χ2v) is 6.04. The monoisotopic (exact) mass is 290 g/mol. The van der Waals surface area contributed by atoms with E-state index in [1.54, 1.807) is 0 Å². The van der Waals surface area contributed by atoms with Crippen molar-refractivity contribution in [3.05, 3.63) is 66.2 Å². The SMILES string of the molecule is O=C1[C@H]2CC=C(c3ccccc3Oc3ccccc3)[C@@H]1CC2. The molecule has 1 fully saturated rings. The summed E-state index contributed by atoms with van der Waals surface area (Å²) in [6.45, 7) is 0. The number of hydrogen-bond donors (Lipinski definition) is 0. The van der Waals surface area contributed by atoms with Gasteiger partial charge in [0.05, 0.1) is 0 Å². The van der Waals surface area contributed by atoms with E-state index in [9.17, 15) is 4.79 Å². The number of allylic oxidation sites excluding steroid dienone is 2. The molecule has 0 N–H and O–H groups in total. The van der Waals surface area contributed by atoms with Crippen molar-refractivity contribution in [2.75, 3.05) is 0 Å². The molecule has 0 saturated heterocycles. The molecule has 0 heterocycles. The summed E-state index contributed by atoms with van der Waals surface area (Å²) in [6, 6.07) is 17.8. The van der Waals surface area contributed by atoms with E-state index in [0.717, 1.165) is 41.9 Å². The van der Waals surface area contributed by atoms with Crippen LogP contribution >= 0.6 is 0 Å². The Bertz CT molecular complexity index is 730. The molecule has 2 bridgehead atoms. The van der Waals surface area contributed by atoms with Gasteiger partial charge < -0.3 is 4.74 Å². The van der Waals surface area contributed by atoms with Crippen molar-refractivity contribution >= 4 is 11.4 Å². The van der Waals surface area contributed by atoms with Gasteiger partial charge in [-0.2, -0.15) is 0 Å². The second-order valence-electron chi connectivity index (χ2n) is 6.04. The van der Waals surface area contributed by atoms with Crippen LogP contribution in [0.25, 0.3) is 5.57 Å². The van der Waals surface area contributed by atoms with Gasteiger partial charge in [0, 0.05) is 17.4 Å². The van der Waals surface area contributed by atoms with Gasteiger partial charge in [0.25, 0.3) is 0 Å². The van der Waals surface area contributed by atoms with Crippen LogP contribution in [0.15, 0.2) is 60.7 Å². The van der Waals surface area contributed by atoms with Crippen molar-refractivity contribution in [1.29, 1.82) is 0 Å². The summed E-state index contributed by atoms with van der Waals surface area (Å²) in [4.78, 5) is 12.4. The molecule has 0 unspecified atom stereocenters. The fourth-order valence-corrected chi connectivity index (χ4v) is 3.60. The summed E-state index contributed by atoms with van der Waals surface area (Å²) < 4.78 is 6.05. The number of carbonyl (C=O) groups is 1. The first kappa shape index (κ1) is 13.3. The smallest absolute Gasteiger partial charge is 0.143 e. The summed E-state index contributed by atoms with van der Waals surface area (Å²) in [5.41, 5.74) is 2.22. The highest BCUT2D eigenvalue weighted by atomic mass is 16.5. The fourth-order valence-electron chi connectivity index (χ4n) is 3.60. The van der Waals surface area contributed by atoms with E-state index in [0.29, 0.717) is 5.78 Å². The van der Waals surface area contributed by atoms with Crippen molar-refractivity contribution < 1.29 is 9.53 Å². The zero-order chi connectivity index (χ0) is 14.9. The highest BCUT2D eigenvalue weighted by Crippen LogP contribution is 2.45. The van der Waals surface area contributed by atoms with Crippen molar-refractivity contribution in [3.63, 3.8) is 0 Å². The van der Waals surface area contributed by atoms with E-state index < -0.39 is 0 Å². The lowest BCUT2D eigenvalue weighted by Gasteiger charge is -2.22. The van der Waals surface area contributed by atoms with Crippen molar-refractivity contribution in [2.45, 2.75) is 19.3 Å². The third-order valence-corrected chi connectivity index (χ3v) is 4.72. The maximum absolute atomic E-state index is 12.4. The summed E-state index contributed by atoms with van der Waals surface area (Å²) in [5.74, 6) is 2.40. The van der Waals surface area contributed by atoms with Gasteiger partial charge >= 0.3 is 0 Å². The van der Waals surface area contributed by atoms with Crippen LogP contribution in [0.4, 0.5) is 0 Å². The summed E-state index contributed by atoms with van der Waals surface area (Å²) in [7, 11) is 0. The van der Waals surface area contributed by atoms with Gasteiger partial charge in [-0.05, 0) is 43.0 Å². The molecule has 0 aromatic heterocycles. The molecule has 22 heavy (non-hydrogen) atoms. The number of hydrogen-bond acceptors (Lipinski definition) is 2. The van der Waals surface area contributed by atoms with Crippen LogP contribution in [0.5, 0.6) is 11.5 Å². The lowest BCUT2D eigenvalue weighted by molar-refractivity contribution is -0.122. The number of ether oxygens (including phenoxy) is 1. The molecular formula is C20H18O2. The molecule has 0 aliphatic heterocycles. The average molecular weight is 290 g/mol. The van der Waals surface area contributed by atoms with Crippen LogP contribution in [-0.2, 0) is 4.79 Å². The minimum Gasteiger partial charge on any atom is -0.457 e. The third-order valence-electron chi connectivity index (χ3n) is 4.72. The predicted octanol–water partition coefficient (Wildman–Crippen LogP) is 4.86. The Hall–Kier alpha value is -2.35. The number of Topliss-reactive ketones (excluding diaryl/α,β-unsaturated/α-hetero) is 1. The minimum atomic E-state index is 0.0688. The third kappa shape index (κ3) is 2.25. The van der Waals surface area contributed by atoms with Crippen LogP contribution in [-0.4, -0.2) is 5.78 Å². The number of ketones is 1. The molecule has 2 aliphatic carbocycles. The van der Waals surface area contributed by atoms with E-state index in [-0.39, 0.29) is 11.8 Å². The Morgan fingerprint density at radius 3 is 2.55 bits per heavy atom. The molecule has 110 valence electrons. The predicted molar refractivity (Wildman–Crippen MR) is 86.8 cm³/mol. The van der Waals surface area contributed by atoms with Gasteiger partial charge in [0.1, 0.15) is 17.3 Å². The molecule has 0 amide bonds. The molecule has 1 saturated carbocycles. The van der Waals surface area contributed by atoms with Crippen LogP contribution < -0.4 is 4.74 Å². The van der Waals surface area contributed by atoms with E-state index in [2.05, 4.69) is 12.1 Å². The molecule has 2 aliphatic rings.